The predicted octanol–water partition coefficient (Wildman–Crippen LogP) is 3.49. The lowest BCUT2D eigenvalue weighted by Gasteiger charge is -2.43. The molecule has 0 aromatic rings. The number of fused-ring (bicyclic) bond motifs is 2. The summed E-state index contributed by atoms with van der Waals surface area (Å²) < 4.78 is 6.18. The Balaban J connectivity index is 1.43. The first-order chi connectivity index (χ1) is 9.26. The monoisotopic (exact) mass is 263 g/mol. The number of ether oxygens (including phenoxy) is 1. The van der Waals surface area contributed by atoms with Gasteiger partial charge in [0, 0.05) is 12.6 Å². The van der Waals surface area contributed by atoms with E-state index in [9.17, 15) is 0 Å². The van der Waals surface area contributed by atoms with E-state index in [2.05, 4.69) is 0 Å². The van der Waals surface area contributed by atoms with Gasteiger partial charge in [0.25, 0.3) is 0 Å². The molecule has 0 aromatic heterocycles. The summed E-state index contributed by atoms with van der Waals surface area (Å²) in [6.07, 6.45) is 13.7. The Morgan fingerprint density at radius 2 is 1.89 bits per heavy atom. The van der Waals surface area contributed by atoms with Crippen LogP contribution in [-0.4, -0.2) is 18.2 Å². The Kier molecular flexibility index (Phi) is 3.15. The summed E-state index contributed by atoms with van der Waals surface area (Å²) in [6, 6.07) is 0.469. The number of hydrogen-bond donors (Lipinski definition) is 1. The zero-order valence-corrected chi connectivity index (χ0v) is 12.2. The first kappa shape index (κ1) is 12.6. The maximum atomic E-state index is 6.74. The zero-order chi connectivity index (χ0) is 12.9. The number of rotatable bonds is 2. The van der Waals surface area contributed by atoms with E-state index in [-0.39, 0.29) is 5.60 Å². The summed E-state index contributed by atoms with van der Waals surface area (Å²) in [6.45, 7) is 0.971. The molecule has 1 saturated heterocycles. The van der Waals surface area contributed by atoms with E-state index in [0.717, 1.165) is 30.3 Å². The smallest absolute Gasteiger partial charge is 0.0685 e. The quantitative estimate of drug-likeness (QED) is 0.827. The van der Waals surface area contributed by atoms with Crippen LogP contribution in [0.4, 0.5) is 0 Å². The molecule has 4 aliphatic rings. The number of hydrogen-bond acceptors (Lipinski definition) is 2. The molecule has 2 bridgehead atoms. The Labute approximate surface area is 117 Å². The van der Waals surface area contributed by atoms with Crippen LogP contribution in [0.1, 0.15) is 64.2 Å². The molecule has 2 N–H and O–H groups in total. The van der Waals surface area contributed by atoms with Crippen molar-refractivity contribution in [3.8, 4) is 0 Å². The van der Waals surface area contributed by atoms with Gasteiger partial charge >= 0.3 is 0 Å². The Hall–Kier alpha value is -0.0800. The first-order valence-electron chi connectivity index (χ1n) is 8.65. The van der Waals surface area contributed by atoms with Gasteiger partial charge in [-0.05, 0) is 68.6 Å². The molecule has 5 unspecified atom stereocenters. The van der Waals surface area contributed by atoms with Crippen molar-refractivity contribution in [2.75, 3.05) is 6.61 Å². The van der Waals surface area contributed by atoms with Crippen LogP contribution in [0.2, 0.25) is 0 Å². The van der Waals surface area contributed by atoms with Crippen molar-refractivity contribution in [2.45, 2.75) is 75.9 Å². The largest absolute Gasteiger partial charge is 0.375 e. The highest BCUT2D eigenvalue weighted by atomic mass is 16.5. The first-order valence-corrected chi connectivity index (χ1v) is 8.65. The molecule has 0 amide bonds. The second-order valence-electron chi connectivity index (χ2n) is 7.91. The van der Waals surface area contributed by atoms with Crippen molar-refractivity contribution < 1.29 is 4.74 Å². The molecule has 4 fully saturated rings. The van der Waals surface area contributed by atoms with Gasteiger partial charge in [-0.25, -0.2) is 0 Å². The Morgan fingerprint density at radius 3 is 2.58 bits per heavy atom. The molecule has 4 rings (SSSR count). The van der Waals surface area contributed by atoms with E-state index in [1.54, 1.807) is 0 Å². The van der Waals surface area contributed by atoms with Gasteiger partial charge in [-0.1, -0.05) is 19.3 Å². The van der Waals surface area contributed by atoms with Gasteiger partial charge in [0.1, 0.15) is 0 Å². The average molecular weight is 263 g/mol. The SMILES string of the molecule is NC(C1CCOC2(CCCC2)C1)C1CC2CCC1C2. The van der Waals surface area contributed by atoms with Crippen LogP contribution in [-0.2, 0) is 4.74 Å². The highest BCUT2D eigenvalue weighted by molar-refractivity contribution is 5.00. The highest BCUT2D eigenvalue weighted by Crippen LogP contribution is 2.52. The molecule has 0 aromatic carbocycles. The average Bonchev–Trinajstić information content (AvgIpc) is 3.14. The lowest BCUT2D eigenvalue weighted by Crippen LogP contribution is -2.47. The molecule has 1 spiro atoms. The molecule has 19 heavy (non-hydrogen) atoms. The van der Waals surface area contributed by atoms with Gasteiger partial charge in [0.05, 0.1) is 5.60 Å². The molecule has 1 heterocycles. The van der Waals surface area contributed by atoms with E-state index in [1.807, 2.05) is 0 Å². The molecular weight excluding hydrogens is 234 g/mol. The minimum Gasteiger partial charge on any atom is -0.375 e. The molecular formula is C17H29NO. The van der Waals surface area contributed by atoms with Crippen LogP contribution < -0.4 is 5.73 Å². The minimum absolute atomic E-state index is 0.248. The molecule has 5 atom stereocenters. The molecule has 0 radical (unpaired) electrons. The van der Waals surface area contributed by atoms with Crippen LogP contribution in [0.15, 0.2) is 0 Å². The maximum absolute atomic E-state index is 6.74. The minimum atomic E-state index is 0.248. The van der Waals surface area contributed by atoms with Crippen molar-refractivity contribution in [1.29, 1.82) is 0 Å². The van der Waals surface area contributed by atoms with Gasteiger partial charge in [0.15, 0.2) is 0 Å². The molecule has 2 heteroatoms. The standard InChI is InChI=1S/C17H29NO/c18-16(15-10-12-3-4-13(15)9-12)14-5-8-19-17(11-14)6-1-2-7-17/h12-16H,1-11,18H2. The van der Waals surface area contributed by atoms with Crippen LogP contribution >= 0.6 is 0 Å². The summed E-state index contributed by atoms with van der Waals surface area (Å²) in [5, 5.41) is 0. The van der Waals surface area contributed by atoms with E-state index >= 15 is 0 Å². The molecule has 3 aliphatic carbocycles. The third kappa shape index (κ3) is 2.15. The van der Waals surface area contributed by atoms with Crippen LogP contribution in [0, 0.1) is 23.7 Å². The van der Waals surface area contributed by atoms with Crippen molar-refractivity contribution in [3.63, 3.8) is 0 Å². The summed E-state index contributed by atoms with van der Waals surface area (Å²) in [5.74, 6) is 3.60. The topological polar surface area (TPSA) is 35.2 Å². The van der Waals surface area contributed by atoms with Gasteiger partial charge in [-0.15, -0.1) is 0 Å². The van der Waals surface area contributed by atoms with E-state index in [0.29, 0.717) is 6.04 Å². The second kappa shape index (κ2) is 4.73. The summed E-state index contributed by atoms with van der Waals surface area (Å²) in [4.78, 5) is 0. The maximum Gasteiger partial charge on any atom is 0.0685 e. The van der Waals surface area contributed by atoms with Crippen molar-refractivity contribution in [1.82, 2.24) is 0 Å². The Morgan fingerprint density at radius 1 is 1.05 bits per heavy atom. The second-order valence-corrected chi connectivity index (χ2v) is 7.91. The Bertz CT molecular complexity index is 336. The highest BCUT2D eigenvalue weighted by Gasteiger charge is 2.47. The van der Waals surface area contributed by atoms with Gasteiger partial charge in [-0.2, -0.15) is 0 Å². The van der Waals surface area contributed by atoms with Crippen molar-refractivity contribution in [2.24, 2.45) is 29.4 Å². The van der Waals surface area contributed by atoms with Gasteiger partial charge < -0.3 is 10.5 Å². The summed E-state index contributed by atoms with van der Waals surface area (Å²) in [5.41, 5.74) is 6.98. The normalized spacial score (nSPS) is 45.9. The zero-order valence-electron chi connectivity index (χ0n) is 12.2. The third-order valence-electron chi connectivity index (χ3n) is 6.88. The predicted molar refractivity (Wildman–Crippen MR) is 76.8 cm³/mol. The summed E-state index contributed by atoms with van der Waals surface area (Å²) >= 11 is 0. The van der Waals surface area contributed by atoms with E-state index < -0.39 is 0 Å². The fourth-order valence-corrected chi connectivity index (χ4v) is 5.88. The van der Waals surface area contributed by atoms with Gasteiger partial charge in [0.2, 0.25) is 0 Å². The van der Waals surface area contributed by atoms with Crippen LogP contribution in [0.5, 0.6) is 0 Å². The molecule has 2 nitrogen and oxygen atoms in total. The molecule has 3 saturated carbocycles. The lowest BCUT2D eigenvalue weighted by atomic mass is 9.72. The fraction of sp³-hybridized carbons (Fsp3) is 1.00. The van der Waals surface area contributed by atoms with Crippen LogP contribution in [0.3, 0.4) is 0 Å². The van der Waals surface area contributed by atoms with E-state index in [4.69, 9.17) is 10.5 Å². The van der Waals surface area contributed by atoms with Crippen LogP contribution in [0.25, 0.3) is 0 Å². The number of nitrogens with two attached hydrogens (primary N) is 1. The van der Waals surface area contributed by atoms with Crippen molar-refractivity contribution in [3.05, 3.63) is 0 Å². The van der Waals surface area contributed by atoms with Gasteiger partial charge in [-0.3, -0.25) is 0 Å². The van der Waals surface area contributed by atoms with E-state index in [1.165, 1.54) is 64.2 Å². The van der Waals surface area contributed by atoms with Crippen molar-refractivity contribution >= 4 is 0 Å². The molecule has 1 aliphatic heterocycles. The third-order valence-corrected chi connectivity index (χ3v) is 6.88. The molecule has 108 valence electrons. The summed E-state index contributed by atoms with van der Waals surface area (Å²) in [7, 11) is 0. The lowest BCUT2D eigenvalue weighted by molar-refractivity contribution is -0.0997. The fourth-order valence-electron chi connectivity index (χ4n) is 5.88.